The lowest BCUT2D eigenvalue weighted by molar-refractivity contribution is 0.103. The van der Waals surface area contributed by atoms with Gasteiger partial charge in [0.05, 0.1) is 14.1 Å². The van der Waals surface area contributed by atoms with Crippen molar-refractivity contribution in [1.82, 2.24) is 4.31 Å². The molecule has 25 heavy (non-hydrogen) atoms. The van der Waals surface area contributed by atoms with Crippen molar-refractivity contribution < 1.29 is 13.2 Å². The summed E-state index contributed by atoms with van der Waals surface area (Å²) in [5.41, 5.74) is 0.449. The van der Waals surface area contributed by atoms with E-state index in [0.29, 0.717) is 28.0 Å². The Balaban J connectivity index is 1.79. The highest BCUT2D eigenvalue weighted by Crippen LogP contribution is 2.25. The third-order valence-electron chi connectivity index (χ3n) is 4.09. The van der Waals surface area contributed by atoms with Crippen LogP contribution in [0.5, 0.6) is 0 Å². The first-order valence-electron chi connectivity index (χ1n) is 8.14. The van der Waals surface area contributed by atoms with Gasteiger partial charge < -0.3 is 5.32 Å². The molecule has 0 bridgehead atoms. The summed E-state index contributed by atoms with van der Waals surface area (Å²) in [4.78, 5) is 12.9. The van der Waals surface area contributed by atoms with Gasteiger partial charge in [-0.05, 0) is 43.2 Å². The van der Waals surface area contributed by atoms with E-state index in [9.17, 15) is 13.2 Å². The lowest BCUT2D eigenvalue weighted by atomic mass is 10.2. The molecule has 2 heterocycles. The molecule has 8 heteroatoms. The second kappa shape index (κ2) is 7.86. The molecular weight excluding hydrogens is 380 g/mol. The first-order valence-corrected chi connectivity index (χ1v) is 10.8. The summed E-state index contributed by atoms with van der Waals surface area (Å²) in [5.74, 6) is -0.304. The highest BCUT2D eigenvalue weighted by Gasteiger charge is 2.25. The molecule has 0 saturated carbocycles. The predicted octanol–water partition coefficient (Wildman–Crippen LogP) is 4.22. The van der Waals surface area contributed by atoms with Gasteiger partial charge >= 0.3 is 0 Å². The molecule has 0 aliphatic carbocycles. The molecule has 1 N–H and O–H groups in total. The van der Waals surface area contributed by atoms with Gasteiger partial charge in [-0.3, -0.25) is 4.79 Å². The van der Waals surface area contributed by atoms with Crippen LogP contribution in [0.25, 0.3) is 0 Å². The van der Waals surface area contributed by atoms with Gasteiger partial charge in [-0.1, -0.05) is 30.5 Å². The van der Waals surface area contributed by atoms with Crippen molar-refractivity contribution in [2.45, 2.75) is 30.6 Å². The molecule has 0 atom stereocenters. The van der Waals surface area contributed by atoms with Crippen molar-refractivity contribution in [3.63, 3.8) is 0 Å². The highest BCUT2D eigenvalue weighted by molar-refractivity contribution is 7.89. The minimum Gasteiger partial charge on any atom is -0.321 e. The Hall–Kier alpha value is -1.41. The molecule has 5 nitrogen and oxygen atoms in total. The maximum Gasteiger partial charge on any atom is 0.265 e. The number of benzene rings is 1. The normalized spacial score (nSPS) is 16.4. The smallest absolute Gasteiger partial charge is 0.265 e. The lowest BCUT2D eigenvalue weighted by Crippen LogP contribution is -2.32. The van der Waals surface area contributed by atoms with E-state index in [-0.39, 0.29) is 10.8 Å². The zero-order valence-corrected chi connectivity index (χ0v) is 16.0. The van der Waals surface area contributed by atoms with E-state index in [1.165, 1.54) is 17.4 Å². The molecule has 1 aliphatic heterocycles. The maximum absolute atomic E-state index is 12.8. The molecule has 1 amide bonds. The van der Waals surface area contributed by atoms with Crippen molar-refractivity contribution in [3.05, 3.63) is 45.6 Å². The molecule has 0 radical (unpaired) electrons. The Bertz CT molecular complexity index is 856. The number of nitrogens with one attached hydrogen (secondary N) is 1. The Morgan fingerprint density at radius 2 is 1.80 bits per heavy atom. The summed E-state index contributed by atoms with van der Waals surface area (Å²) >= 11 is 7.02. The zero-order chi connectivity index (χ0) is 17.9. The Labute approximate surface area is 156 Å². The fraction of sp³-hybridized carbons (Fsp3) is 0.353. The van der Waals surface area contributed by atoms with Crippen molar-refractivity contribution in [1.29, 1.82) is 0 Å². The molecule has 1 fully saturated rings. The van der Waals surface area contributed by atoms with Gasteiger partial charge in [-0.2, -0.15) is 4.31 Å². The Kier molecular flexibility index (Phi) is 5.78. The molecule has 0 spiro atoms. The molecule has 134 valence electrons. The highest BCUT2D eigenvalue weighted by atomic mass is 35.5. The third-order valence-corrected chi connectivity index (χ3v) is 7.22. The molecular formula is C17H19ClN2O3S2. The number of sulfonamides is 1. The monoisotopic (exact) mass is 398 g/mol. The fourth-order valence-electron chi connectivity index (χ4n) is 2.79. The second-order valence-corrected chi connectivity index (χ2v) is 9.56. The van der Waals surface area contributed by atoms with Crippen molar-refractivity contribution >= 4 is 44.6 Å². The van der Waals surface area contributed by atoms with Crippen molar-refractivity contribution in [2.75, 3.05) is 18.4 Å². The molecule has 1 aliphatic rings. The van der Waals surface area contributed by atoms with Crippen LogP contribution < -0.4 is 5.32 Å². The number of rotatable bonds is 4. The number of hydrogen-bond acceptors (Lipinski definition) is 4. The van der Waals surface area contributed by atoms with Gasteiger partial charge in [-0.15, -0.1) is 11.3 Å². The van der Waals surface area contributed by atoms with Crippen LogP contribution >= 0.6 is 22.9 Å². The van der Waals surface area contributed by atoms with Crippen molar-refractivity contribution in [2.24, 2.45) is 0 Å². The largest absolute Gasteiger partial charge is 0.321 e. The number of carbonyl (C=O) groups excluding carboxylic acids is 1. The molecule has 0 unspecified atom stereocenters. The average molecular weight is 399 g/mol. The minimum atomic E-state index is -3.54. The maximum atomic E-state index is 12.8. The van der Waals surface area contributed by atoms with Gasteiger partial charge in [0, 0.05) is 18.8 Å². The number of hydrogen-bond donors (Lipinski definition) is 1. The quantitative estimate of drug-likeness (QED) is 0.838. The zero-order valence-electron chi connectivity index (χ0n) is 13.6. The minimum absolute atomic E-state index is 0.205. The fourth-order valence-corrected chi connectivity index (χ4v) is 5.30. The molecule has 1 aromatic heterocycles. The van der Waals surface area contributed by atoms with Gasteiger partial charge in [0.2, 0.25) is 10.0 Å². The van der Waals surface area contributed by atoms with E-state index in [1.807, 2.05) is 0 Å². The summed E-state index contributed by atoms with van der Waals surface area (Å²) in [6.45, 7) is 1.10. The predicted molar refractivity (Wildman–Crippen MR) is 101 cm³/mol. The van der Waals surface area contributed by atoms with Crippen LogP contribution in [-0.2, 0) is 10.0 Å². The Morgan fingerprint density at radius 3 is 2.44 bits per heavy atom. The first kappa shape index (κ1) is 18.4. The van der Waals surface area contributed by atoms with Crippen LogP contribution in [0, 0.1) is 0 Å². The summed E-state index contributed by atoms with van der Waals surface area (Å²) in [5, 5.41) is 2.73. The average Bonchev–Trinajstić information content (AvgIpc) is 2.85. The van der Waals surface area contributed by atoms with Crippen LogP contribution in [0.15, 0.2) is 41.3 Å². The second-order valence-electron chi connectivity index (χ2n) is 5.90. The summed E-state index contributed by atoms with van der Waals surface area (Å²) < 4.78 is 27.8. The lowest BCUT2D eigenvalue weighted by Gasteiger charge is -2.20. The van der Waals surface area contributed by atoms with Gasteiger partial charge in [-0.25, -0.2) is 8.42 Å². The molecule has 3 rings (SSSR count). The van der Waals surface area contributed by atoms with E-state index < -0.39 is 10.0 Å². The number of amides is 1. The first-order chi connectivity index (χ1) is 12.0. The van der Waals surface area contributed by atoms with Crippen molar-refractivity contribution in [3.8, 4) is 0 Å². The molecule has 1 aromatic carbocycles. The van der Waals surface area contributed by atoms with E-state index in [1.54, 1.807) is 34.6 Å². The summed E-state index contributed by atoms with van der Waals surface area (Å²) in [7, 11) is -3.54. The number of thiophene rings is 1. The van der Waals surface area contributed by atoms with Crippen LogP contribution in [0.2, 0.25) is 4.34 Å². The topological polar surface area (TPSA) is 66.5 Å². The third kappa shape index (κ3) is 4.41. The SMILES string of the molecule is O=C(Nc1cccc(S(=O)(=O)N2CCCCCC2)c1)c1ccc(Cl)s1. The summed E-state index contributed by atoms with van der Waals surface area (Å²) in [6.07, 6.45) is 3.89. The van der Waals surface area contributed by atoms with Gasteiger partial charge in [0.25, 0.3) is 5.91 Å². The number of carbonyl (C=O) groups is 1. The van der Waals surface area contributed by atoms with Gasteiger partial charge in [0.1, 0.15) is 0 Å². The van der Waals surface area contributed by atoms with Gasteiger partial charge in [0.15, 0.2) is 0 Å². The number of anilines is 1. The Morgan fingerprint density at radius 1 is 1.08 bits per heavy atom. The summed E-state index contributed by atoms with van der Waals surface area (Å²) in [6, 6.07) is 9.68. The van der Waals surface area contributed by atoms with Crippen LogP contribution in [-0.4, -0.2) is 31.7 Å². The van der Waals surface area contributed by atoms with Crippen LogP contribution in [0.1, 0.15) is 35.4 Å². The standard InChI is InChI=1S/C17H19ClN2O3S2/c18-16-9-8-15(24-16)17(21)19-13-6-5-7-14(12-13)25(22,23)20-10-3-1-2-4-11-20/h5-9,12H,1-4,10-11H2,(H,19,21). The van der Waals surface area contributed by atoms with E-state index in [4.69, 9.17) is 11.6 Å². The molecule has 1 saturated heterocycles. The van der Waals surface area contributed by atoms with Crippen LogP contribution in [0.4, 0.5) is 5.69 Å². The van der Waals surface area contributed by atoms with Crippen LogP contribution in [0.3, 0.4) is 0 Å². The number of halogens is 1. The van der Waals surface area contributed by atoms with E-state index >= 15 is 0 Å². The van der Waals surface area contributed by atoms with E-state index in [0.717, 1.165) is 25.7 Å². The number of nitrogens with zero attached hydrogens (tertiary/aromatic N) is 1. The molecule has 2 aromatic rings. The van der Waals surface area contributed by atoms with E-state index in [2.05, 4.69) is 5.32 Å².